The van der Waals surface area contributed by atoms with Gasteiger partial charge in [0.05, 0.1) is 13.2 Å². The Balaban J connectivity index is 3.42. The zero-order chi connectivity index (χ0) is 13.0. The molecule has 0 heterocycles. The van der Waals surface area contributed by atoms with Crippen LogP contribution in [0.25, 0.3) is 0 Å². The predicted octanol–water partition coefficient (Wildman–Crippen LogP) is 4.61. The van der Waals surface area contributed by atoms with Crippen molar-refractivity contribution in [3.05, 3.63) is 0 Å². The summed E-state index contributed by atoms with van der Waals surface area (Å²) in [7, 11) is 0. The van der Waals surface area contributed by atoms with Crippen LogP contribution >= 0.6 is 18.2 Å². The van der Waals surface area contributed by atoms with E-state index in [1.165, 1.54) is 0 Å². The van der Waals surface area contributed by atoms with Crippen LogP contribution in [0.1, 0.15) is 52.4 Å². The third kappa shape index (κ3) is 12.6. The molecule has 0 fully saturated rings. The van der Waals surface area contributed by atoms with Gasteiger partial charge in [0, 0.05) is 11.2 Å². The molecule has 0 aliphatic rings. The molecular weight excluding hydrogens is 267 g/mol. The Hall–Kier alpha value is 0.360. The number of rotatable bonds is 12. The first kappa shape index (κ1) is 17.4. The van der Waals surface area contributed by atoms with Gasteiger partial charge in [-0.2, -0.15) is 0 Å². The standard InChI is InChI=1S/C10H22ClO5P/c1-3-5-7-9-13-15-17(11,12)16-14-10-8-6-4-2/h3-10H2,1-2H3. The van der Waals surface area contributed by atoms with Crippen LogP contribution < -0.4 is 0 Å². The van der Waals surface area contributed by atoms with Crippen molar-refractivity contribution in [1.29, 1.82) is 0 Å². The molecule has 0 spiro atoms. The van der Waals surface area contributed by atoms with E-state index in [0.29, 0.717) is 13.2 Å². The molecule has 0 radical (unpaired) electrons. The summed E-state index contributed by atoms with van der Waals surface area (Å²) in [6.07, 6.45) is 5.82. The van der Waals surface area contributed by atoms with E-state index in [-0.39, 0.29) is 0 Å². The van der Waals surface area contributed by atoms with Gasteiger partial charge in [-0.05, 0) is 12.8 Å². The Morgan fingerprint density at radius 1 is 0.882 bits per heavy atom. The number of hydrogen-bond donors (Lipinski definition) is 0. The Kier molecular flexibility index (Phi) is 11.7. The highest BCUT2D eigenvalue weighted by molar-refractivity contribution is 7.81. The Bertz CT molecular complexity index is 197. The molecule has 0 atom stereocenters. The molecule has 0 bridgehead atoms. The summed E-state index contributed by atoms with van der Waals surface area (Å²) in [6.45, 7) is 1.05. The molecule has 0 saturated carbocycles. The SMILES string of the molecule is CCCCCOOP(=O)(Cl)OOCCCCC. The molecule has 0 aliphatic heterocycles. The summed E-state index contributed by atoms with van der Waals surface area (Å²) in [5, 5.41) is 0. The summed E-state index contributed by atoms with van der Waals surface area (Å²) in [6, 6.07) is 0. The van der Waals surface area contributed by atoms with Crippen LogP contribution in [-0.4, -0.2) is 13.2 Å². The first-order chi connectivity index (χ1) is 8.12. The summed E-state index contributed by atoms with van der Waals surface area (Å²) in [4.78, 5) is 9.36. The van der Waals surface area contributed by atoms with Gasteiger partial charge in [0.15, 0.2) is 0 Å². The molecule has 0 amide bonds. The average Bonchev–Trinajstić information content (AvgIpc) is 2.28. The molecule has 0 unspecified atom stereocenters. The minimum absolute atomic E-state index is 0.337. The maximum absolute atomic E-state index is 11.4. The molecule has 0 aromatic heterocycles. The maximum atomic E-state index is 11.4. The molecule has 0 aliphatic carbocycles. The van der Waals surface area contributed by atoms with E-state index in [9.17, 15) is 4.57 Å². The fourth-order valence-corrected chi connectivity index (χ4v) is 1.70. The minimum Gasteiger partial charge on any atom is -0.236 e. The number of unbranched alkanes of at least 4 members (excludes halogenated alkanes) is 4. The highest BCUT2D eigenvalue weighted by Gasteiger charge is 2.24. The van der Waals surface area contributed by atoms with E-state index in [0.717, 1.165) is 38.5 Å². The molecule has 7 heteroatoms. The van der Waals surface area contributed by atoms with E-state index < -0.39 is 6.95 Å². The second-order valence-electron chi connectivity index (χ2n) is 3.64. The van der Waals surface area contributed by atoms with Gasteiger partial charge < -0.3 is 0 Å². The van der Waals surface area contributed by atoms with E-state index in [2.05, 4.69) is 33.0 Å². The zero-order valence-electron chi connectivity index (χ0n) is 10.5. The van der Waals surface area contributed by atoms with Crippen molar-refractivity contribution in [1.82, 2.24) is 0 Å². The van der Waals surface area contributed by atoms with Crippen LogP contribution in [0.5, 0.6) is 0 Å². The molecule has 0 aromatic rings. The van der Waals surface area contributed by atoms with Crippen LogP contribution in [0, 0.1) is 0 Å². The van der Waals surface area contributed by atoms with Crippen LogP contribution in [0.4, 0.5) is 0 Å². The molecule has 0 N–H and O–H groups in total. The first-order valence-electron chi connectivity index (χ1n) is 6.04. The second-order valence-corrected chi connectivity index (χ2v) is 6.04. The summed E-state index contributed by atoms with van der Waals surface area (Å²) < 4.78 is 20.3. The van der Waals surface area contributed by atoms with E-state index in [1.54, 1.807) is 0 Å². The fourth-order valence-electron chi connectivity index (χ4n) is 1.03. The molecule has 0 saturated heterocycles. The Labute approximate surface area is 108 Å². The lowest BCUT2D eigenvalue weighted by Gasteiger charge is -2.09. The summed E-state index contributed by atoms with van der Waals surface area (Å²) >= 11 is 5.42. The van der Waals surface area contributed by atoms with Gasteiger partial charge in [-0.1, -0.05) is 39.5 Å². The summed E-state index contributed by atoms with van der Waals surface area (Å²) in [5.74, 6) is 0. The van der Waals surface area contributed by atoms with Gasteiger partial charge in [0.25, 0.3) is 0 Å². The van der Waals surface area contributed by atoms with Gasteiger partial charge in [-0.15, -0.1) is 9.35 Å². The zero-order valence-corrected chi connectivity index (χ0v) is 12.2. The molecular formula is C10H22ClO5P. The van der Waals surface area contributed by atoms with Crippen LogP contribution in [0.15, 0.2) is 0 Å². The quantitative estimate of drug-likeness (QED) is 0.227. The lowest BCUT2D eigenvalue weighted by molar-refractivity contribution is -0.262. The lowest BCUT2D eigenvalue weighted by atomic mass is 10.3. The van der Waals surface area contributed by atoms with Crippen molar-refractivity contribution in [3.63, 3.8) is 0 Å². The summed E-state index contributed by atoms with van der Waals surface area (Å²) in [5.41, 5.74) is 0. The number of halogens is 1. The molecule has 17 heavy (non-hydrogen) atoms. The van der Waals surface area contributed by atoms with Gasteiger partial charge >= 0.3 is 6.95 Å². The Morgan fingerprint density at radius 2 is 1.29 bits per heavy atom. The van der Waals surface area contributed by atoms with Crippen molar-refractivity contribution >= 4 is 18.2 Å². The van der Waals surface area contributed by atoms with E-state index >= 15 is 0 Å². The number of hydrogen-bond acceptors (Lipinski definition) is 5. The van der Waals surface area contributed by atoms with Crippen LogP contribution in [-0.2, 0) is 23.7 Å². The van der Waals surface area contributed by atoms with Crippen LogP contribution in [0.2, 0.25) is 0 Å². The van der Waals surface area contributed by atoms with Crippen LogP contribution in [0.3, 0.4) is 0 Å². The first-order valence-corrected chi connectivity index (χ1v) is 8.49. The Morgan fingerprint density at radius 3 is 1.65 bits per heavy atom. The maximum Gasteiger partial charge on any atom is 0.478 e. The van der Waals surface area contributed by atoms with Gasteiger partial charge in [-0.3, -0.25) is 0 Å². The molecule has 0 rings (SSSR count). The minimum atomic E-state index is -3.76. The largest absolute Gasteiger partial charge is 0.478 e. The van der Waals surface area contributed by atoms with Crippen molar-refractivity contribution in [2.24, 2.45) is 0 Å². The monoisotopic (exact) mass is 288 g/mol. The topological polar surface area (TPSA) is 54.0 Å². The fraction of sp³-hybridized carbons (Fsp3) is 1.00. The van der Waals surface area contributed by atoms with Crippen molar-refractivity contribution in [2.75, 3.05) is 13.2 Å². The van der Waals surface area contributed by atoms with Gasteiger partial charge in [0.2, 0.25) is 0 Å². The van der Waals surface area contributed by atoms with Crippen molar-refractivity contribution in [3.8, 4) is 0 Å². The lowest BCUT2D eigenvalue weighted by Crippen LogP contribution is -1.98. The second kappa shape index (κ2) is 11.5. The average molecular weight is 289 g/mol. The highest BCUT2D eigenvalue weighted by atomic mass is 35.7. The molecule has 104 valence electrons. The predicted molar refractivity (Wildman–Crippen MR) is 66.6 cm³/mol. The smallest absolute Gasteiger partial charge is 0.236 e. The van der Waals surface area contributed by atoms with Gasteiger partial charge in [0.1, 0.15) is 0 Å². The van der Waals surface area contributed by atoms with E-state index in [1.807, 2.05) is 0 Å². The third-order valence-corrected chi connectivity index (χ3v) is 2.85. The van der Waals surface area contributed by atoms with E-state index in [4.69, 9.17) is 11.2 Å². The van der Waals surface area contributed by atoms with Crippen molar-refractivity contribution < 1.29 is 23.7 Å². The van der Waals surface area contributed by atoms with Crippen molar-refractivity contribution in [2.45, 2.75) is 52.4 Å². The van der Waals surface area contributed by atoms with Gasteiger partial charge in [-0.25, -0.2) is 14.3 Å². The molecule has 5 nitrogen and oxygen atoms in total. The normalized spacial score (nSPS) is 11.9. The molecule has 0 aromatic carbocycles. The highest BCUT2D eigenvalue weighted by Crippen LogP contribution is 2.53. The third-order valence-electron chi connectivity index (χ3n) is 1.95.